The van der Waals surface area contributed by atoms with Crippen LogP contribution >= 0.6 is 0 Å². The number of benzene rings is 1. The zero-order chi connectivity index (χ0) is 16.2. The number of hydrogen-bond donors (Lipinski definition) is 1. The number of rotatable bonds is 5. The minimum absolute atomic E-state index is 0.000812. The molecule has 0 bridgehead atoms. The average molecular weight is 307 g/mol. The highest BCUT2D eigenvalue weighted by atomic mass is 19.4. The molecule has 0 heterocycles. The van der Waals surface area contributed by atoms with Crippen LogP contribution in [0.1, 0.15) is 29.3 Å². The van der Waals surface area contributed by atoms with Crippen molar-refractivity contribution in [1.29, 1.82) is 0 Å². The van der Waals surface area contributed by atoms with Crippen LogP contribution in [0.2, 0.25) is 0 Å². The number of amides is 1. The number of halogens is 4. The third-order valence-electron chi connectivity index (χ3n) is 2.64. The molecule has 0 spiro atoms. The lowest BCUT2D eigenvalue weighted by Crippen LogP contribution is -2.37. The first-order chi connectivity index (χ1) is 9.68. The molecule has 4 nitrogen and oxygen atoms in total. The van der Waals surface area contributed by atoms with Gasteiger partial charge in [-0.3, -0.25) is 9.59 Å². The van der Waals surface area contributed by atoms with E-state index in [1.54, 1.807) is 6.92 Å². The van der Waals surface area contributed by atoms with Crippen molar-refractivity contribution in [3.63, 3.8) is 0 Å². The van der Waals surface area contributed by atoms with Gasteiger partial charge in [-0.1, -0.05) is 13.0 Å². The molecule has 1 aromatic rings. The molecule has 21 heavy (non-hydrogen) atoms. The van der Waals surface area contributed by atoms with Crippen LogP contribution < -0.4 is 0 Å². The molecule has 1 N–H and O–H groups in total. The van der Waals surface area contributed by atoms with E-state index in [2.05, 4.69) is 0 Å². The van der Waals surface area contributed by atoms with Gasteiger partial charge in [0, 0.05) is 6.54 Å². The molecule has 0 aliphatic carbocycles. The Hall–Kier alpha value is -2.12. The van der Waals surface area contributed by atoms with Gasteiger partial charge in [0.15, 0.2) is 0 Å². The topological polar surface area (TPSA) is 57.6 Å². The van der Waals surface area contributed by atoms with Gasteiger partial charge < -0.3 is 10.0 Å². The predicted molar refractivity (Wildman–Crippen MR) is 65.2 cm³/mol. The minimum Gasteiger partial charge on any atom is -0.480 e. The minimum atomic E-state index is -4.93. The summed E-state index contributed by atoms with van der Waals surface area (Å²) in [5.74, 6) is -4.10. The third kappa shape index (κ3) is 4.17. The maximum atomic E-state index is 13.8. The second-order valence-corrected chi connectivity index (χ2v) is 4.29. The molecule has 0 unspecified atom stereocenters. The monoisotopic (exact) mass is 307 g/mol. The smallest absolute Gasteiger partial charge is 0.419 e. The fourth-order valence-corrected chi connectivity index (χ4v) is 1.77. The lowest BCUT2D eigenvalue weighted by Gasteiger charge is -2.21. The van der Waals surface area contributed by atoms with Crippen molar-refractivity contribution in [2.75, 3.05) is 13.1 Å². The van der Waals surface area contributed by atoms with Crippen LogP contribution in [0.25, 0.3) is 0 Å². The van der Waals surface area contributed by atoms with Gasteiger partial charge in [-0.05, 0) is 18.6 Å². The van der Waals surface area contributed by atoms with Gasteiger partial charge in [0.25, 0.3) is 5.91 Å². The zero-order valence-electron chi connectivity index (χ0n) is 11.1. The van der Waals surface area contributed by atoms with E-state index in [0.717, 1.165) is 17.0 Å². The van der Waals surface area contributed by atoms with Crippen LogP contribution in [-0.4, -0.2) is 35.0 Å². The molecule has 0 aromatic heterocycles. The number of alkyl halides is 3. The van der Waals surface area contributed by atoms with E-state index in [-0.39, 0.29) is 6.54 Å². The number of carboxylic acid groups (broad SMARTS) is 1. The van der Waals surface area contributed by atoms with Gasteiger partial charge in [0.1, 0.15) is 12.4 Å². The van der Waals surface area contributed by atoms with Gasteiger partial charge in [-0.25, -0.2) is 4.39 Å². The summed E-state index contributed by atoms with van der Waals surface area (Å²) in [6, 6.07) is 2.33. The highest BCUT2D eigenvalue weighted by Crippen LogP contribution is 2.32. The lowest BCUT2D eigenvalue weighted by molar-refractivity contribution is -0.140. The first-order valence-electron chi connectivity index (χ1n) is 6.05. The van der Waals surface area contributed by atoms with Gasteiger partial charge in [-0.15, -0.1) is 0 Å². The number of carboxylic acids is 1. The Labute approximate surface area is 118 Å². The summed E-state index contributed by atoms with van der Waals surface area (Å²) in [6.07, 6.45) is -4.54. The summed E-state index contributed by atoms with van der Waals surface area (Å²) in [4.78, 5) is 23.5. The average Bonchev–Trinajstić information content (AvgIpc) is 2.36. The van der Waals surface area contributed by atoms with E-state index in [0.29, 0.717) is 12.5 Å². The Bertz CT molecular complexity index is 543. The van der Waals surface area contributed by atoms with Crippen molar-refractivity contribution in [2.24, 2.45) is 0 Å². The van der Waals surface area contributed by atoms with Crippen LogP contribution in [0.3, 0.4) is 0 Å². The molecule has 0 aliphatic heterocycles. The zero-order valence-corrected chi connectivity index (χ0v) is 11.1. The molecule has 0 aliphatic rings. The van der Waals surface area contributed by atoms with Crippen LogP contribution in [0.5, 0.6) is 0 Å². The Morgan fingerprint density at radius 3 is 2.38 bits per heavy atom. The van der Waals surface area contributed by atoms with E-state index in [1.807, 2.05) is 0 Å². The Balaban J connectivity index is 3.19. The second-order valence-electron chi connectivity index (χ2n) is 4.29. The SMILES string of the molecule is CCCN(CC(=O)O)C(=O)c1cccc(C(F)(F)F)c1F. The van der Waals surface area contributed by atoms with E-state index < -0.39 is 41.5 Å². The molecule has 1 aromatic carbocycles. The van der Waals surface area contributed by atoms with E-state index in [1.165, 1.54) is 0 Å². The van der Waals surface area contributed by atoms with Gasteiger partial charge in [-0.2, -0.15) is 13.2 Å². The number of hydrogen-bond acceptors (Lipinski definition) is 2. The summed E-state index contributed by atoms with van der Waals surface area (Å²) >= 11 is 0. The summed E-state index contributed by atoms with van der Waals surface area (Å²) < 4.78 is 51.6. The van der Waals surface area contributed by atoms with Crippen LogP contribution in [-0.2, 0) is 11.0 Å². The molecule has 0 saturated heterocycles. The molecular formula is C13H13F4NO3. The summed E-state index contributed by atoms with van der Waals surface area (Å²) in [5, 5.41) is 8.69. The highest BCUT2D eigenvalue weighted by molar-refractivity contribution is 5.96. The Morgan fingerprint density at radius 1 is 1.29 bits per heavy atom. The maximum absolute atomic E-state index is 13.8. The number of nitrogens with zero attached hydrogens (tertiary/aromatic N) is 1. The summed E-state index contributed by atoms with van der Waals surface area (Å²) in [5.41, 5.74) is -2.35. The predicted octanol–water partition coefficient (Wildman–Crippen LogP) is 2.78. The van der Waals surface area contributed by atoms with Gasteiger partial charge >= 0.3 is 12.1 Å². The molecule has 0 atom stereocenters. The fraction of sp³-hybridized carbons (Fsp3) is 0.385. The van der Waals surface area contributed by atoms with E-state index in [9.17, 15) is 27.2 Å². The van der Waals surface area contributed by atoms with Crippen molar-refractivity contribution in [3.05, 3.63) is 35.1 Å². The maximum Gasteiger partial charge on any atom is 0.419 e. The van der Waals surface area contributed by atoms with Gasteiger partial charge in [0.05, 0.1) is 11.1 Å². The molecule has 116 valence electrons. The highest BCUT2D eigenvalue weighted by Gasteiger charge is 2.36. The molecule has 0 fully saturated rings. The first kappa shape index (κ1) is 16.9. The van der Waals surface area contributed by atoms with E-state index >= 15 is 0 Å². The standard InChI is InChI=1S/C13H13F4NO3/c1-2-6-18(7-10(19)20)12(21)8-4-3-5-9(11(8)14)13(15,16)17/h3-5H,2,6-7H2,1H3,(H,19,20). The van der Waals surface area contributed by atoms with Crippen LogP contribution in [0.4, 0.5) is 17.6 Å². The molecule has 1 rings (SSSR count). The number of carbonyl (C=O) groups excluding carboxylic acids is 1. The fourth-order valence-electron chi connectivity index (χ4n) is 1.77. The van der Waals surface area contributed by atoms with Crippen molar-refractivity contribution in [3.8, 4) is 0 Å². The molecule has 0 saturated carbocycles. The molecular weight excluding hydrogens is 294 g/mol. The largest absolute Gasteiger partial charge is 0.480 e. The lowest BCUT2D eigenvalue weighted by atomic mass is 10.1. The van der Waals surface area contributed by atoms with Crippen LogP contribution in [0, 0.1) is 5.82 Å². The third-order valence-corrected chi connectivity index (χ3v) is 2.64. The Kier molecular flexibility index (Phi) is 5.28. The number of aliphatic carboxylic acids is 1. The molecule has 8 heteroatoms. The molecule has 0 radical (unpaired) electrons. The van der Waals surface area contributed by atoms with Crippen molar-refractivity contribution >= 4 is 11.9 Å². The molecule has 1 amide bonds. The summed E-state index contributed by atoms with van der Waals surface area (Å²) in [6.45, 7) is 0.952. The first-order valence-corrected chi connectivity index (χ1v) is 6.05. The number of carbonyl (C=O) groups is 2. The van der Waals surface area contributed by atoms with Crippen LogP contribution in [0.15, 0.2) is 18.2 Å². The van der Waals surface area contributed by atoms with E-state index in [4.69, 9.17) is 5.11 Å². The van der Waals surface area contributed by atoms with Crippen molar-refractivity contribution < 1.29 is 32.3 Å². The normalized spacial score (nSPS) is 11.3. The van der Waals surface area contributed by atoms with Crippen molar-refractivity contribution in [2.45, 2.75) is 19.5 Å². The second kappa shape index (κ2) is 6.55. The van der Waals surface area contributed by atoms with Gasteiger partial charge in [0.2, 0.25) is 0 Å². The quantitative estimate of drug-likeness (QED) is 0.851. The Morgan fingerprint density at radius 2 is 1.90 bits per heavy atom. The van der Waals surface area contributed by atoms with Crippen molar-refractivity contribution in [1.82, 2.24) is 4.90 Å². The summed E-state index contributed by atoms with van der Waals surface area (Å²) in [7, 11) is 0.